The lowest BCUT2D eigenvalue weighted by molar-refractivity contribution is -0.145. The quantitative estimate of drug-likeness (QED) is 0.264. The summed E-state index contributed by atoms with van der Waals surface area (Å²) in [6.45, 7) is 7.51. The van der Waals surface area contributed by atoms with Crippen LogP contribution in [0.2, 0.25) is 0 Å². The van der Waals surface area contributed by atoms with E-state index in [9.17, 15) is 14.4 Å². The van der Waals surface area contributed by atoms with E-state index in [1.54, 1.807) is 0 Å². The maximum atomic E-state index is 11.9. The van der Waals surface area contributed by atoms with Gasteiger partial charge in [0.1, 0.15) is 6.04 Å². The van der Waals surface area contributed by atoms with Crippen LogP contribution in [0.5, 0.6) is 0 Å². The average Bonchev–Trinajstić information content (AvgIpc) is 2.60. The van der Waals surface area contributed by atoms with Crippen molar-refractivity contribution in [1.29, 1.82) is 0 Å². The van der Waals surface area contributed by atoms with Crippen molar-refractivity contribution in [2.45, 2.75) is 77.7 Å². The number of ether oxygens (including phenoxy) is 1. The van der Waals surface area contributed by atoms with Crippen LogP contribution < -0.4 is 10.6 Å². The largest absolute Gasteiger partial charge is 0.467 e. The van der Waals surface area contributed by atoms with Crippen LogP contribution in [0.4, 0.5) is 0 Å². The second kappa shape index (κ2) is 15.4. The molecule has 1 atom stereocenters. The van der Waals surface area contributed by atoms with Crippen molar-refractivity contribution in [1.82, 2.24) is 10.6 Å². The molecule has 0 aromatic rings. The third kappa shape index (κ3) is 13.4. The molecule has 0 bridgehead atoms. The molecule has 0 fully saturated rings. The zero-order valence-corrected chi connectivity index (χ0v) is 16.6. The van der Waals surface area contributed by atoms with Gasteiger partial charge in [-0.3, -0.25) is 9.59 Å². The Bertz CT molecular complexity index is 436. The van der Waals surface area contributed by atoms with Crippen LogP contribution in [0.3, 0.4) is 0 Å². The van der Waals surface area contributed by atoms with Crippen LogP contribution in [-0.4, -0.2) is 37.5 Å². The predicted molar refractivity (Wildman–Crippen MR) is 104 cm³/mol. The zero-order chi connectivity index (χ0) is 19.8. The molecule has 2 N–H and O–H groups in total. The van der Waals surface area contributed by atoms with Crippen molar-refractivity contribution in [2.75, 3.05) is 13.7 Å². The summed E-state index contributed by atoms with van der Waals surface area (Å²) >= 11 is 0. The Balaban J connectivity index is 3.87. The van der Waals surface area contributed by atoms with Crippen LogP contribution in [0.1, 0.15) is 71.6 Å². The number of carbonyl (C=O) groups excluding carboxylic acids is 3. The predicted octanol–water partition coefficient (Wildman–Crippen LogP) is 3.11. The van der Waals surface area contributed by atoms with Crippen molar-refractivity contribution < 1.29 is 19.1 Å². The first-order valence-electron chi connectivity index (χ1n) is 9.65. The van der Waals surface area contributed by atoms with Gasteiger partial charge in [0.25, 0.3) is 0 Å². The fourth-order valence-corrected chi connectivity index (χ4v) is 2.62. The van der Waals surface area contributed by atoms with Gasteiger partial charge in [-0.15, -0.1) is 6.58 Å². The molecule has 0 saturated heterocycles. The number of esters is 1. The van der Waals surface area contributed by atoms with E-state index in [4.69, 9.17) is 4.74 Å². The van der Waals surface area contributed by atoms with Crippen molar-refractivity contribution in [2.24, 2.45) is 5.92 Å². The summed E-state index contributed by atoms with van der Waals surface area (Å²) in [5, 5.41) is 5.22. The molecule has 0 heterocycles. The van der Waals surface area contributed by atoms with E-state index < -0.39 is 12.0 Å². The van der Waals surface area contributed by atoms with Crippen molar-refractivity contribution in [3.8, 4) is 0 Å². The molecule has 0 aliphatic heterocycles. The second-order valence-corrected chi connectivity index (χ2v) is 7.00. The maximum Gasteiger partial charge on any atom is 0.328 e. The molecule has 0 aliphatic rings. The van der Waals surface area contributed by atoms with E-state index in [0.29, 0.717) is 12.8 Å². The summed E-state index contributed by atoms with van der Waals surface area (Å²) in [7, 11) is 1.29. The number of hydrogen-bond acceptors (Lipinski definition) is 4. The Morgan fingerprint density at radius 2 is 1.62 bits per heavy atom. The highest BCUT2D eigenvalue weighted by molar-refractivity contribution is 5.88. The van der Waals surface area contributed by atoms with Gasteiger partial charge in [-0.2, -0.15) is 0 Å². The Kier molecular flexibility index (Phi) is 14.3. The summed E-state index contributed by atoms with van der Waals surface area (Å²) in [4.78, 5) is 35.4. The topological polar surface area (TPSA) is 84.5 Å². The van der Waals surface area contributed by atoms with E-state index in [-0.39, 0.29) is 24.3 Å². The highest BCUT2D eigenvalue weighted by Gasteiger charge is 2.22. The summed E-state index contributed by atoms with van der Waals surface area (Å²) < 4.78 is 4.70. The summed E-state index contributed by atoms with van der Waals surface area (Å²) in [6, 6.07) is -0.675. The second-order valence-electron chi connectivity index (χ2n) is 7.00. The van der Waals surface area contributed by atoms with Gasteiger partial charge >= 0.3 is 5.97 Å². The van der Waals surface area contributed by atoms with Gasteiger partial charge in [-0.25, -0.2) is 4.79 Å². The van der Waals surface area contributed by atoms with Crippen molar-refractivity contribution in [3.05, 3.63) is 12.7 Å². The third-order valence-corrected chi connectivity index (χ3v) is 4.04. The average molecular weight is 369 g/mol. The minimum Gasteiger partial charge on any atom is -0.467 e. The van der Waals surface area contributed by atoms with Gasteiger partial charge in [0, 0.05) is 6.42 Å². The van der Waals surface area contributed by atoms with Gasteiger partial charge < -0.3 is 15.4 Å². The van der Waals surface area contributed by atoms with E-state index in [1.807, 2.05) is 19.9 Å². The number of rotatable bonds is 15. The number of methoxy groups -OCH3 is 1. The molecule has 0 saturated carbocycles. The normalized spacial score (nSPS) is 11.7. The minimum atomic E-state index is -0.675. The first kappa shape index (κ1) is 24.1. The molecule has 0 radical (unpaired) electrons. The standard InChI is InChI=1S/C20H36N2O4/c1-5-6-7-8-9-10-11-12-13-18(23)21-15-19(24)22-17(14-16(2)3)20(25)26-4/h5,16-17H,1,6-15H2,2-4H3,(H,21,23)(H,22,24). The Morgan fingerprint density at radius 3 is 2.19 bits per heavy atom. The molecule has 150 valence electrons. The van der Waals surface area contributed by atoms with Crippen LogP contribution >= 0.6 is 0 Å². The van der Waals surface area contributed by atoms with E-state index in [2.05, 4.69) is 17.2 Å². The molecule has 0 spiro atoms. The molecule has 0 aromatic carbocycles. The highest BCUT2D eigenvalue weighted by atomic mass is 16.5. The lowest BCUT2D eigenvalue weighted by atomic mass is 10.0. The third-order valence-electron chi connectivity index (χ3n) is 4.04. The molecular formula is C20H36N2O4. The number of carbonyl (C=O) groups is 3. The summed E-state index contributed by atoms with van der Waals surface area (Å²) in [5.74, 6) is -0.737. The summed E-state index contributed by atoms with van der Waals surface area (Å²) in [5.41, 5.74) is 0. The van der Waals surface area contributed by atoms with Gasteiger partial charge in [0.2, 0.25) is 11.8 Å². The number of unbranched alkanes of at least 4 members (excludes halogenated alkanes) is 6. The Hall–Kier alpha value is -1.85. The number of nitrogens with one attached hydrogen (secondary N) is 2. The molecular weight excluding hydrogens is 332 g/mol. The van der Waals surface area contributed by atoms with Gasteiger partial charge in [0.15, 0.2) is 0 Å². The SMILES string of the molecule is C=CCCCCCCCCC(=O)NCC(=O)NC(CC(C)C)C(=O)OC. The maximum absolute atomic E-state index is 11.9. The van der Waals surface area contributed by atoms with Gasteiger partial charge in [0.05, 0.1) is 13.7 Å². The first-order chi connectivity index (χ1) is 12.4. The molecule has 2 amide bonds. The number of hydrogen-bond donors (Lipinski definition) is 2. The lowest BCUT2D eigenvalue weighted by Crippen LogP contribution is -2.46. The Morgan fingerprint density at radius 1 is 1.00 bits per heavy atom. The fraction of sp³-hybridized carbons (Fsp3) is 0.750. The molecule has 6 heteroatoms. The first-order valence-corrected chi connectivity index (χ1v) is 9.65. The highest BCUT2D eigenvalue weighted by Crippen LogP contribution is 2.09. The molecule has 6 nitrogen and oxygen atoms in total. The monoisotopic (exact) mass is 368 g/mol. The molecule has 0 aromatic heterocycles. The Labute approximate surface area is 158 Å². The molecule has 0 rings (SSSR count). The lowest BCUT2D eigenvalue weighted by Gasteiger charge is -2.18. The smallest absolute Gasteiger partial charge is 0.328 e. The van der Waals surface area contributed by atoms with Crippen LogP contribution in [-0.2, 0) is 19.1 Å². The number of amides is 2. The van der Waals surface area contributed by atoms with Gasteiger partial charge in [-0.1, -0.05) is 45.6 Å². The van der Waals surface area contributed by atoms with Crippen LogP contribution in [0, 0.1) is 5.92 Å². The van der Waals surface area contributed by atoms with Crippen LogP contribution in [0.25, 0.3) is 0 Å². The van der Waals surface area contributed by atoms with Crippen molar-refractivity contribution in [3.63, 3.8) is 0 Å². The van der Waals surface area contributed by atoms with Gasteiger partial charge in [-0.05, 0) is 31.6 Å². The van der Waals surface area contributed by atoms with E-state index in [1.165, 1.54) is 26.4 Å². The summed E-state index contributed by atoms with van der Waals surface area (Å²) in [6.07, 6.45) is 10.5. The fourth-order valence-electron chi connectivity index (χ4n) is 2.62. The molecule has 1 unspecified atom stereocenters. The van der Waals surface area contributed by atoms with Crippen molar-refractivity contribution >= 4 is 17.8 Å². The van der Waals surface area contributed by atoms with E-state index in [0.717, 1.165) is 25.7 Å². The zero-order valence-electron chi connectivity index (χ0n) is 16.6. The minimum absolute atomic E-state index is 0.119. The van der Waals surface area contributed by atoms with Crippen LogP contribution in [0.15, 0.2) is 12.7 Å². The number of allylic oxidation sites excluding steroid dienone is 1. The van der Waals surface area contributed by atoms with E-state index >= 15 is 0 Å². The molecule has 0 aliphatic carbocycles. The molecule has 26 heavy (non-hydrogen) atoms.